The Balaban J connectivity index is 2.04. The van der Waals surface area contributed by atoms with Gasteiger partial charge >= 0.3 is 0 Å². The van der Waals surface area contributed by atoms with Crippen LogP contribution in [0.3, 0.4) is 0 Å². The van der Waals surface area contributed by atoms with Gasteiger partial charge < -0.3 is 16.2 Å². The summed E-state index contributed by atoms with van der Waals surface area (Å²) < 4.78 is 95.8. The van der Waals surface area contributed by atoms with Gasteiger partial charge in [0.2, 0.25) is 5.91 Å². The predicted molar refractivity (Wildman–Crippen MR) is 130 cm³/mol. The highest BCUT2D eigenvalue weighted by atomic mass is 32.2. The number of nitrogens with one attached hydrogen (secondary N) is 1. The normalized spacial score (nSPS) is 12.7. The lowest BCUT2D eigenvalue weighted by molar-refractivity contribution is -0.115. The fourth-order valence-electron chi connectivity index (χ4n) is 3.10. The molecule has 0 heterocycles. The summed E-state index contributed by atoms with van der Waals surface area (Å²) >= 11 is 0. The molecule has 0 spiro atoms. The van der Waals surface area contributed by atoms with Crippen LogP contribution >= 0.6 is 0 Å². The SMILES string of the molecule is Nc1ccc2cc(S(=O)(=O)O)cc(O)c2c1N=Nc1ccc(NC(=O)CCS(=O)(=O)O)cc1S(=O)(=O)O. The average molecular weight is 575 g/mol. The average Bonchev–Trinajstić information content (AvgIpc) is 2.76. The third-order valence-electron chi connectivity index (χ3n) is 4.74. The Morgan fingerprint density at radius 3 is 2.16 bits per heavy atom. The fraction of sp³-hybridized carbons (Fsp3) is 0.105. The molecule has 0 atom stereocenters. The molecular formula is C19H18N4O11S3. The number of amides is 1. The number of anilines is 2. The van der Waals surface area contributed by atoms with Crippen molar-refractivity contribution in [3.63, 3.8) is 0 Å². The third-order valence-corrected chi connectivity index (χ3v) is 7.17. The van der Waals surface area contributed by atoms with Gasteiger partial charge in [0.05, 0.1) is 21.7 Å². The second-order valence-electron chi connectivity index (χ2n) is 7.46. The Bertz CT molecular complexity index is 1770. The Kier molecular flexibility index (Phi) is 7.54. The molecule has 0 saturated heterocycles. The van der Waals surface area contributed by atoms with Crippen molar-refractivity contribution in [2.45, 2.75) is 16.2 Å². The van der Waals surface area contributed by atoms with E-state index in [1.54, 1.807) is 0 Å². The van der Waals surface area contributed by atoms with Crippen molar-refractivity contribution >= 4 is 69.8 Å². The van der Waals surface area contributed by atoms with Crippen molar-refractivity contribution in [3.8, 4) is 5.75 Å². The van der Waals surface area contributed by atoms with Crippen molar-refractivity contribution in [2.75, 3.05) is 16.8 Å². The number of hydrogen-bond donors (Lipinski definition) is 6. The Morgan fingerprint density at radius 2 is 1.57 bits per heavy atom. The molecule has 7 N–H and O–H groups in total. The number of azo groups is 1. The second kappa shape index (κ2) is 10.00. The van der Waals surface area contributed by atoms with Crippen molar-refractivity contribution in [2.24, 2.45) is 10.2 Å². The zero-order chi connectivity index (χ0) is 27.8. The lowest BCUT2D eigenvalue weighted by Crippen LogP contribution is -2.17. The minimum absolute atomic E-state index is 0.0534. The maximum atomic E-state index is 11.9. The fourth-order valence-corrected chi connectivity index (χ4v) is 4.73. The molecule has 0 saturated carbocycles. The molecule has 0 aromatic heterocycles. The molecule has 0 unspecified atom stereocenters. The molecule has 3 aromatic rings. The number of nitrogens with zero attached hydrogens (tertiary/aromatic N) is 2. The van der Waals surface area contributed by atoms with Gasteiger partial charge in [-0.3, -0.25) is 18.5 Å². The van der Waals surface area contributed by atoms with Gasteiger partial charge in [0.25, 0.3) is 30.4 Å². The molecule has 0 radical (unpaired) electrons. The Morgan fingerprint density at radius 1 is 0.892 bits per heavy atom. The zero-order valence-corrected chi connectivity index (χ0v) is 20.7. The summed E-state index contributed by atoms with van der Waals surface area (Å²) in [6.07, 6.45) is -0.634. The molecule has 3 rings (SSSR count). The van der Waals surface area contributed by atoms with Crippen LogP contribution in [0.25, 0.3) is 10.8 Å². The number of phenols is 1. The van der Waals surface area contributed by atoms with Crippen LogP contribution in [0.15, 0.2) is 62.5 Å². The van der Waals surface area contributed by atoms with E-state index in [4.69, 9.17) is 10.3 Å². The van der Waals surface area contributed by atoms with Gasteiger partial charge in [0.15, 0.2) is 0 Å². The highest BCUT2D eigenvalue weighted by Gasteiger charge is 2.20. The van der Waals surface area contributed by atoms with Gasteiger partial charge in [-0.05, 0) is 35.7 Å². The van der Waals surface area contributed by atoms with Crippen LogP contribution in [0, 0.1) is 0 Å². The summed E-state index contributed by atoms with van der Waals surface area (Å²) in [5.41, 5.74) is 5.06. The lowest BCUT2D eigenvalue weighted by Gasteiger charge is -2.10. The van der Waals surface area contributed by atoms with Gasteiger partial charge in [-0.2, -0.15) is 25.3 Å². The van der Waals surface area contributed by atoms with Gasteiger partial charge in [-0.25, -0.2) is 0 Å². The minimum Gasteiger partial charge on any atom is -0.507 e. The van der Waals surface area contributed by atoms with Crippen LogP contribution in [0.2, 0.25) is 0 Å². The summed E-state index contributed by atoms with van der Waals surface area (Å²) in [6, 6.07) is 7.43. The van der Waals surface area contributed by atoms with Gasteiger partial charge in [0.1, 0.15) is 22.0 Å². The number of benzene rings is 3. The number of fused-ring (bicyclic) bond motifs is 1. The molecule has 0 aliphatic heterocycles. The van der Waals surface area contributed by atoms with E-state index >= 15 is 0 Å². The summed E-state index contributed by atoms with van der Waals surface area (Å²) in [5, 5.41) is 20.2. The zero-order valence-electron chi connectivity index (χ0n) is 18.3. The van der Waals surface area contributed by atoms with Crippen LogP contribution in [-0.4, -0.2) is 55.7 Å². The highest BCUT2D eigenvalue weighted by Crippen LogP contribution is 2.41. The highest BCUT2D eigenvalue weighted by molar-refractivity contribution is 7.86. The van der Waals surface area contributed by atoms with Crippen LogP contribution in [0.4, 0.5) is 22.7 Å². The van der Waals surface area contributed by atoms with Gasteiger partial charge in [-0.1, -0.05) is 6.07 Å². The van der Waals surface area contributed by atoms with Crippen molar-refractivity contribution in [3.05, 3.63) is 42.5 Å². The van der Waals surface area contributed by atoms with Gasteiger partial charge in [0, 0.05) is 18.2 Å². The molecule has 0 fully saturated rings. The monoisotopic (exact) mass is 574 g/mol. The molecule has 18 heteroatoms. The van der Waals surface area contributed by atoms with E-state index < -0.39 is 69.7 Å². The number of phenolic OH excluding ortho intramolecular Hbond substituents is 1. The standard InChI is InChI=1S/C19H18N4O11S3/c20-13-3-1-10-7-12(36(29,30)31)9-15(24)18(10)19(13)23-22-14-4-2-11(8-16(14)37(32,33)34)21-17(25)5-6-35(26,27)28/h1-4,7-9,24H,5-6,20H2,(H,21,25)(H,26,27,28)(H,29,30,31)(H,32,33,34). The largest absolute Gasteiger partial charge is 0.507 e. The molecule has 15 nitrogen and oxygen atoms in total. The summed E-state index contributed by atoms with van der Waals surface area (Å²) in [6.45, 7) is 0. The van der Waals surface area contributed by atoms with Crippen molar-refractivity contribution < 1.29 is 48.8 Å². The first kappa shape index (κ1) is 27.9. The second-order valence-corrected chi connectivity index (χ2v) is 11.8. The number of aromatic hydroxyl groups is 1. The summed E-state index contributed by atoms with van der Waals surface area (Å²) in [4.78, 5) is 10.5. The van der Waals surface area contributed by atoms with E-state index in [9.17, 15) is 44.3 Å². The van der Waals surface area contributed by atoms with Crippen LogP contribution in [0.5, 0.6) is 5.75 Å². The molecule has 198 valence electrons. The first-order chi connectivity index (χ1) is 17.0. The van der Waals surface area contributed by atoms with Gasteiger partial charge in [-0.15, -0.1) is 10.2 Å². The first-order valence-corrected chi connectivity index (χ1v) is 14.3. The molecule has 0 aliphatic rings. The van der Waals surface area contributed by atoms with Crippen LogP contribution < -0.4 is 11.1 Å². The van der Waals surface area contributed by atoms with Crippen molar-refractivity contribution in [1.82, 2.24) is 0 Å². The van der Waals surface area contributed by atoms with E-state index in [2.05, 4.69) is 15.5 Å². The Hall–Kier alpha value is -3.68. The number of hydrogen-bond acceptors (Lipinski definition) is 11. The molecule has 0 bridgehead atoms. The van der Waals surface area contributed by atoms with Crippen molar-refractivity contribution in [1.29, 1.82) is 0 Å². The molecule has 0 aliphatic carbocycles. The molecule has 1 amide bonds. The maximum absolute atomic E-state index is 11.9. The lowest BCUT2D eigenvalue weighted by atomic mass is 10.1. The van der Waals surface area contributed by atoms with E-state index in [0.717, 1.165) is 30.3 Å². The molecule has 37 heavy (non-hydrogen) atoms. The van der Waals surface area contributed by atoms with E-state index in [-0.39, 0.29) is 27.8 Å². The first-order valence-electron chi connectivity index (χ1n) is 9.77. The third kappa shape index (κ3) is 6.96. The summed E-state index contributed by atoms with van der Waals surface area (Å²) in [5.74, 6) is -2.39. The quantitative estimate of drug-likeness (QED) is 0.128. The number of rotatable bonds is 8. The smallest absolute Gasteiger partial charge is 0.296 e. The van der Waals surface area contributed by atoms with E-state index in [1.165, 1.54) is 12.1 Å². The minimum atomic E-state index is -4.93. The van der Waals surface area contributed by atoms with Crippen LogP contribution in [0.1, 0.15) is 6.42 Å². The van der Waals surface area contributed by atoms with E-state index in [1.807, 2.05) is 0 Å². The number of nitrogens with two attached hydrogens (primary N) is 1. The Labute approximate surface area is 209 Å². The molecule has 3 aromatic carbocycles. The predicted octanol–water partition coefficient (Wildman–Crippen LogP) is 2.25. The topological polar surface area (TPSA) is 263 Å². The van der Waals surface area contributed by atoms with Crippen LogP contribution in [-0.2, 0) is 35.1 Å². The summed E-state index contributed by atoms with van der Waals surface area (Å²) in [7, 11) is -14.0. The maximum Gasteiger partial charge on any atom is 0.296 e. The molecular weight excluding hydrogens is 556 g/mol. The number of nitrogen functional groups attached to an aromatic ring is 1. The number of carbonyl (C=O) groups excluding carboxylic acids is 1. The van der Waals surface area contributed by atoms with E-state index in [0.29, 0.717) is 0 Å². The number of carbonyl (C=O) groups is 1.